The molecule has 2 unspecified atom stereocenters. The largest absolute Gasteiger partial charge is 0.398 e. The summed E-state index contributed by atoms with van der Waals surface area (Å²) in [6.45, 7) is 5.81. The van der Waals surface area contributed by atoms with Crippen LogP contribution in [-0.4, -0.2) is 21.9 Å². The molecule has 0 fully saturated rings. The van der Waals surface area contributed by atoms with E-state index < -0.39 is 10.8 Å². The molecular weight excluding hydrogens is 248 g/mol. The number of carbonyl (C=O) groups excluding carboxylic acids is 1. The molecule has 1 aromatic rings. The van der Waals surface area contributed by atoms with Crippen molar-refractivity contribution in [2.45, 2.75) is 38.1 Å². The number of nitrogens with two attached hydrogens (primary N) is 1. The van der Waals surface area contributed by atoms with Gasteiger partial charge in [-0.15, -0.1) is 0 Å². The summed E-state index contributed by atoms with van der Waals surface area (Å²) < 4.78 is 12.1. The first-order chi connectivity index (χ1) is 8.43. The van der Waals surface area contributed by atoms with Crippen LogP contribution in [0.2, 0.25) is 0 Å². The van der Waals surface area contributed by atoms with Crippen molar-refractivity contribution in [2.24, 2.45) is 0 Å². The standard InChI is InChI=1S/C13H20N2O2S/c1-4-10(3)15-13(16)8-18(17)12-7-9(2)5-6-11(12)14/h5-7,10H,4,8,14H2,1-3H3,(H,15,16). The van der Waals surface area contributed by atoms with Crippen molar-refractivity contribution in [3.63, 3.8) is 0 Å². The summed E-state index contributed by atoms with van der Waals surface area (Å²) >= 11 is 0. The highest BCUT2D eigenvalue weighted by Crippen LogP contribution is 2.18. The van der Waals surface area contributed by atoms with Crippen LogP contribution in [0.15, 0.2) is 23.1 Å². The molecule has 1 aromatic carbocycles. The molecule has 4 nitrogen and oxygen atoms in total. The van der Waals surface area contributed by atoms with Gasteiger partial charge in [-0.1, -0.05) is 13.0 Å². The number of rotatable bonds is 5. The molecule has 0 saturated carbocycles. The van der Waals surface area contributed by atoms with E-state index in [1.807, 2.05) is 26.8 Å². The summed E-state index contributed by atoms with van der Waals surface area (Å²) in [4.78, 5) is 12.2. The smallest absolute Gasteiger partial charge is 0.233 e. The third kappa shape index (κ3) is 4.14. The lowest BCUT2D eigenvalue weighted by molar-refractivity contribution is -0.119. The number of carbonyl (C=O) groups is 1. The van der Waals surface area contributed by atoms with E-state index in [0.29, 0.717) is 10.6 Å². The molecule has 0 aliphatic rings. The first-order valence-corrected chi connectivity index (χ1v) is 7.29. The lowest BCUT2D eigenvalue weighted by atomic mass is 10.2. The lowest BCUT2D eigenvalue weighted by Crippen LogP contribution is -2.35. The van der Waals surface area contributed by atoms with Gasteiger partial charge in [0.2, 0.25) is 5.91 Å². The first kappa shape index (κ1) is 14.7. The fraction of sp³-hybridized carbons (Fsp3) is 0.462. The maximum Gasteiger partial charge on any atom is 0.233 e. The van der Waals surface area contributed by atoms with E-state index in [-0.39, 0.29) is 17.7 Å². The van der Waals surface area contributed by atoms with Gasteiger partial charge in [-0.05, 0) is 38.0 Å². The zero-order valence-electron chi connectivity index (χ0n) is 11.0. The Balaban J connectivity index is 2.71. The van der Waals surface area contributed by atoms with E-state index >= 15 is 0 Å². The van der Waals surface area contributed by atoms with Gasteiger partial charge in [-0.3, -0.25) is 9.00 Å². The van der Waals surface area contributed by atoms with Crippen molar-refractivity contribution >= 4 is 22.4 Å². The number of benzene rings is 1. The third-order valence-electron chi connectivity index (χ3n) is 2.70. The molecule has 1 rings (SSSR count). The highest BCUT2D eigenvalue weighted by molar-refractivity contribution is 7.86. The average molecular weight is 268 g/mol. The van der Waals surface area contributed by atoms with E-state index in [4.69, 9.17) is 5.73 Å². The third-order valence-corrected chi connectivity index (χ3v) is 4.06. The van der Waals surface area contributed by atoms with Crippen LogP contribution in [0.4, 0.5) is 5.69 Å². The summed E-state index contributed by atoms with van der Waals surface area (Å²) in [7, 11) is -1.39. The van der Waals surface area contributed by atoms with Crippen LogP contribution in [0.5, 0.6) is 0 Å². The molecule has 0 heterocycles. The second kappa shape index (κ2) is 6.54. The Kier molecular flexibility index (Phi) is 5.34. The van der Waals surface area contributed by atoms with Crippen molar-refractivity contribution in [3.05, 3.63) is 23.8 Å². The normalized spacial score (nSPS) is 13.9. The number of nitrogen functional groups attached to an aromatic ring is 1. The van der Waals surface area contributed by atoms with Gasteiger partial charge in [0.15, 0.2) is 0 Å². The monoisotopic (exact) mass is 268 g/mol. The molecule has 100 valence electrons. The summed E-state index contributed by atoms with van der Waals surface area (Å²) in [5, 5.41) is 2.79. The predicted molar refractivity (Wildman–Crippen MR) is 74.8 cm³/mol. The predicted octanol–water partition coefficient (Wildman–Crippen LogP) is 1.60. The lowest BCUT2D eigenvalue weighted by Gasteiger charge is -2.11. The summed E-state index contributed by atoms with van der Waals surface area (Å²) in [5.41, 5.74) is 7.22. The zero-order chi connectivity index (χ0) is 13.7. The second-order valence-electron chi connectivity index (χ2n) is 4.41. The molecule has 0 radical (unpaired) electrons. The number of nitrogens with one attached hydrogen (secondary N) is 1. The van der Waals surface area contributed by atoms with Crippen molar-refractivity contribution < 1.29 is 9.00 Å². The second-order valence-corrected chi connectivity index (χ2v) is 5.83. The number of hydrogen-bond acceptors (Lipinski definition) is 3. The minimum absolute atomic E-state index is 0.0437. The van der Waals surface area contributed by atoms with Crippen molar-refractivity contribution in [1.82, 2.24) is 5.32 Å². The Morgan fingerprint density at radius 3 is 2.78 bits per heavy atom. The maximum atomic E-state index is 12.1. The molecule has 5 heteroatoms. The summed E-state index contributed by atoms with van der Waals surface area (Å²) in [6.07, 6.45) is 0.852. The molecule has 0 bridgehead atoms. The molecule has 2 atom stereocenters. The van der Waals surface area contributed by atoms with E-state index in [1.54, 1.807) is 12.1 Å². The number of anilines is 1. The van der Waals surface area contributed by atoms with Gasteiger partial charge in [-0.2, -0.15) is 0 Å². The van der Waals surface area contributed by atoms with Gasteiger partial charge in [0.05, 0.1) is 15.7 Å². The zero-order valence-corrected chi connectivity index (χ0v) is 11.8. The Hall–Kier alpha value is -1.36. The quantitative estimate of drug-likeness (QED) is 0.797. The molecule has 18 heavy (non-hydrogen) atoms. The van der Waals surface area contributed by atoms with Crippen molar-refractivity contribution in [2.75, 3.05) is 11.5 Å². The van der Waals surface area contributed by atoms with Crippen LogP contribution in [0.1, 0.15) is 25.8 Å². The fourth-order valence-electron chi connectivity index (χ4n) is 1.45. The highest BCUT2D eigenvalue weighted by Gasteiger charge is 2.14. The molecule has 0 aliphatic heterocycles. The van der Waals surface area contributed by atoms with Crippen LogP contribution >= 0.6 is 0 Å². The van der Waals surface area contributed by atoms with Gasteiger partial charge >= 0.3 is 0 Å². The van der Waals surface area contributed by atoms with Crippen LogP contribution in [0.3, 0.4) is 0 Å². The Bertz CT molecular complexity index is 460. The van der Waals surface area contributed by atoms with Gasteiger partial charge in [-0.25, -0.2) is 0 Å². The van der Waals surface area contributed by atoms with Crippen LogP contribution in [-0.2, 0) is 15.6 Å². The van der Waals surface area contributed by atoms with Gasteiger partial charge in [0.1, 0.15) is 5.75 Å². The summed E-state index contributed by atoms with van der Waals surface area (Å²) in [6, 6.07) is 5.44. The van der Waals surface area contributed by atoms with Crippen LogP contribution in [0.25, 0.3) is 0 Å². The minimum atomic E-state index is -1.39. The van der Waals surface area contributed by atoms with E-state index in [2.05, 4.69) is 5.32 Å². The van der Waals surface area contributed by atoms with Crippen molar-refractivity contribution in [1.29, 1.82) is 0 Å². The summed E-state index contributed by atoms with van der Waals surface area (Å²) in [5.74, 6) is -0.249. The first-order valence-electron chi connectivity index (χ1n) is 5.98. The van der Waals surface area contributed by atoms with E-state index in [0.717, 1.165) is 12.0 Å². The van der Waals surface area contributed by atoms with E-state index in [9.17, 15) is 9.00 Å². The number of hydrogen-bond donors (Lipinski definition) is 2. The molecule has 0 saturated heterocycles. The molecule has 0 aliphatic carbocycles. The van der Waals surface area contributed by atoms with E-state index in [1.165, 1.54) is 0 Å². The fourth-order valence-corrected chi connectivity index (χ4v) is 2.58. The van der Waals surface area contributed by atoms with Crippen LogP contribution in [0, 0.1) is 6.92 Å². The Morgan fingerprint density at radius 2 is 2.17 bits per heavy atom. The number of amides is 1. The number of aryl methyl sites for hydroxylation is 1. The topological polar surface area (TPSA) is 72.2 Å². The van der Waals surface area contributed by atoms with Gasteiger partial charge < -0.3 is 11.1 Å². The average Bonchev–Trinajstić information content (AvgIpc) is 2.31. The highest BCUT2D eigenvalue weighted by atomic mass is 32.2. The SMILES string of the molecule is CCC(C)NC(=O)CS(=O)c1cc(C)ccc1N. The Morgan fingerprint density at radius 1 is 1.50 bits per heavy atom. The molecule has 1 amide bonds. The molecule has 0 aromatic heterocycles. The maximum absolute atomic E-state index is 12.1. The molecule has 3 N–H and O–H groups in total. The van der Waals surface area contributed by atoms with Crippen molar-refractivity contribution in [3.8, 4) is 0 Å². The molecule has 0 spiro atoms. The van der Waals surface area contributed by atoms with Gasteiger partial charge in [0, 0.05) is 11.7 Å². The molecular formula is C13H20N2O2S. The Labute approximate surface area is 110 Å². The minimum Gasteiger partial charge on any atom is -0.398 e. The van der Waals surface area contributed by atoms with Gasteiger partial charge in [0.25, 0.3) is 0 Å². The van der Waals surface area contributed by atoms with Crippen LogP contribution < -0.4 is 11.1 Å².